The number of hydrogen-bond donors (Lipinski definition) is 2. The Labute approximate surface area is 87.9 Å². The fourth-order valence-corrected chi connectivity index (χ4v) is 1.01. The number of carbonyl (C=O) groups excluding carboxylic acids is 1. The van der Waals surface area contributed by atoms with Crippen LogP contribution in [0.25, 0.3) is 0 Å². The first-order valence-electron chi connectivity index (χ1n) is 4.60. The van der Waals surface area contributed by atoms with E-state index in [1.807, 2.05) is 0 Å². The van der Waals surface area contributed by atoms with Gasteiger partial charge in [0.1, 0.15) is 11.4 Å². The molecule has 0 aliphatic carbocycles. The summed E-state index contributed by atoms with van der Waals surface area (Å²) in [7, 11) is 0. The number of carbonyl (C=O) groups is 1. The highest BCUT2D eigenvalue weighted by Crippen LogP contribution is 2.15. The number of halogens is 1. The van der Waals surface area contributed by atoms with Crippen LogP contribution in [0.3, 0.4) is 0 Å². The smallest absolute Gasteiger partial charge is 0.255 e. The lowest BCUT2D eigenvalue weighted by molar-refractivity contribution is -0.130. The second-order valence-corrected chi connectivity index (χ2v) is 3.98. The van der Waals surface area contributed by atoms with Crippen molar-refractivity contribution in [2.75, 3.05) is 5.32 Å². The number of aryl methyl sites for hydroxylation is 1. The van der Waals surface area contributed by atoms with E-state index in [2.05, 4.69) is 5.32 Å². The minimum atomic E-state index is -1.44. The van der Waals surface area contributed by atoms with Crippen molar-refractivity contribution in [2.24, 2.45) is 0 Å². The highest BCUT2D eigenvalue weighted by Gasteiger charge is 2.23. The first kappa shape index (κ1) is 11.7. The maximum Gasteiger partial charge on any atom is 0.255 e. The van der Waals surface area contributed by atoms with Gasteiger partial charge in [-0.15, -0.1) is 0 Å². The number of benzene rings is 1. The molecule has 0 aliphatic heterocycles. The highest BCUT2D eigenvalue weighted by molar-refractivity contribution is 5.96. The molecule has 0 saturated heterocycles. The summed E-state index contributed by atoms with van der Waals surface area (Å²) >= 11 is 0. The van der Waals surface area contributed by atoms with Crippen molar-refractivity contribution >= 4 is 11.6 Å². The van der Waals surface area contributed by atoms with Gasteiger partial charge in [0.25, 0.3) is 5.91 Å². The molecule has 1 aromatic carbocycles. The van der Waals surface area contributed by atoms with Crippen LogP contribution in [-0.2, 0) is 4.79 Å². The highest BCUT2D eigenvalue weighted by atomic mass is 19.1. The lowest BCUT2D eigenvalue weighted by Crippen LogP contribution is -2.36. The molecule has 82 valence electrons. The number of aliphatic hydroxyl groups is 1. The molecule has 0 unspecified atom stereocenters. The fourth-order valence-electron chi connectivity index (χ4n) is 1.01. The van der Waals surface area contributed by atoms with E-state index >= 15 is 0 Å². The van der Waals surface area contributed by atoms with Crippen molar-refractivity contribution in [3.63, 3.8) is 0 Å². The van der Waals surface area contributed by atoms with Crippen molar-refractivity contribution in [2.45, 2.75) is 26.4 Å². The summed E-state index contributed by atoms with van der Waals surface area (Å²) in [5, 5.41) is 11.9. The van der Waals surface area contributed by atoms with Crippen molar-refractivity contribution in [1.29, 1.82) is 0 Å². The molecule has 1 aromatic rings. The lowest BCUT2D eigenvalue weighted by atomic mass is 10.1. The van der Waals surface area contributed by atoms with E-state index in [4.69, 9.17) is 0 Å². The Balaban J connectivity index is 2.83. The van der Waals surface area contributed by atoms with Gasteiger partial charge in [-0.1, -0.05) is 0 Å². The predicted octanol–water partition coefficient (Wildman–Crippen LogP) is 1.84. The van der Waals surface area contributed by atoms with E-state index in [1.165, 1.54) is 32.0 Å². The maximum absolute atomic E-state index is 12.9. The summed E-state index contributed by atoms with van der Waals surface area (Å²) in [6, 6.07) is 4.24. The van der Waals surface area contributed by atoms with Gasteiger partial charge in [0.15, 0.2) is 0 Å². The third kappa shape index (κ3) is 3.02. The fraction of sp³-hybridized carbons (Fsp3) is 0.364. The van der Waals surface area contributed by atoms with Crippen LogP contribution in [0.5, 0.6) is 0 Å². The average molecular weight is 211 g/mol. The standard InChI is InChI=1S/C11H14FNO2/c1-7-6-8(4-5-9(7)12)13-10(14)11(2,3)15/h4-6,15H,1-3H3,(H,13,14). The minimum absolute atomic E-state index is 0.323. The van der Waals surface area contributed by atoms with Crippen LogP contribution in [-0.4, -0.2) is 16.6 Å². The van der Waals surface area contributed by atoms with E-state index in [0.29, 0.717) is 11.3 Å². The van der Waals surface area contributed by atoms with Crippen molar-refractivity contribution in [3.8, 4) is 0 Å². The molecule has 0 spiro atoms. The van der Waals surface area contributed by atoms with E-state index in [9.17, 15) is 14.3 Å². The van der Waals surface area contributed by atoms with Crippen LogP contribution in [0.4, 0.5) is 10.1 Å². The van der Waals surface area contributed by atoms with Crippen molar-refractivity contribution in [1.82, 2.24) is 0 Å². The average Bonchev–Trinajstić information content (AvgIpc) is 2.10. The first-order chi connectivity index (χ1) is 6.80. The molecule has 3 nitrogen and oxygen atoms in total. The Morgan fingerprint density at radius 1 is 1.47 bits per heavy atom. The third-order valence-electron chi connectivity index (χ3n) is 1.97. The first-order valence-corrected chi connectivity index (χ1v) is 4.60. The largest absolute Gasteiger partial charge is 0.381 e. The number of anilines is 1. The molecular formula is C11H14FNO2. The summed E-state index contributed by atoms with van der Waals surface area (Å²) < 4.78 is 12.9. The summed E-state index contributed by atoms with van der Waals surface area (Å²) in [6.45, 7) is 4.38. The molecule has 0 radical (unpaired) electrons. The normalized spacial score (nSPS) is 11.3. The summed E-state index contributed by atoms with van der Waals surface area (Å²) in [4.78, 5) is 11.4. The van der Waals surface area contributed by atoms with Crippen LogP contribution < -0.4 is 5.32 Å². The van der Waals surface area contributed by atoms with Gasteiger partial charge < -0.3 is 10.4 Å². The quantitative estimate of drug-likeness (QED) is 0.784. The molecule has 0 atom stereocenters. The Bertz CT molecular complexity index is 383. The molecule has 1 amide bonds. The van der Waals surface area contributed by atoms with Crippen LogP contribution >= 0.6 is 0 Å². The van der Waals surface area contributed by atoms with Crippen LogP contribution in [0.2, 0.25) is 0 Å². The molecule has 15 heavy (non-hydrogen) atoms. The van der Waals surface area contributed by atoms with Gasteiger partial charge in [0.05, 0.1) is 0 Å². The van der Waals surface area contributed by atoms with Crippen molar-refractivity contribution < 1.29 is 14.3 Å². The molecule has 0 aliphatic rings. The molecule has 1 rings (SSSR count). The zero-order chi connectivity index (χ0) is 11.6. The van der Waals surface area contributed by atoms with Crippen LogP contribution in [0, 0.1) is 12.7 Å². The monoisotopic (exact) mass is 211 g/mol. The Kier molecular flexibility index (Phi) is 3.09. The second-order valence-electron chi connectivity index (χ2n) is 3.98. The van der Waals surface area contributed by atoms with Gasteiger partial charge in [-0.25, -0.2) is 4.39 Å². The van der Waals surface area contributed by atoms with E-state index in [1.54, 1.807) is 6.92 Å². The van der Waals surface area contributed by atoms with Crippen LogP contribution in [0.15, 0.2) is 18.2 Å². The number of nitrogens with one attached hydrogen (secondary N) is 1. The summed E-state index contributed by atoms with van der Waals surface area (Å²) in [5.41, 5.74) is -0.521. The molecule has 0 heterocycles. The predicted molar refractivity (Wildman–Crippen MR) is 56.1 cm³/mol. The number of rotatable bonds is 2. The molecule has 0 aromatic heterocycles. The zero-order valence-electron chi connectivity index (χ0n) is 8.97. The summed E-state index contributed by atoms with van der Waals surface area (Å²) in [5.74, 6) is -0.843. The molecule has 4 heteroatoms. The van der Waals surface area contributed by atoms with Gasteiger partial charge >= 0.3 is 0 Å². The molecule has 2 N–H and O–H groups in total. The van der Waals surface area contributed by atoms with E-state index in [0.717, 1.165) is 0 Å². The van der Waals surface area contributed by atoms with E-state index in [-0.39, 0.29) is 5.82 Å². The number of hydrogen-bond acceptors (Lipinski definition) is 2. The molecule has 0 saturated carbocycles. The summed E-state index contributed by atoms with van der Waals surface area (Å²) in [6.07, 6.45) is 0. The van der Waals surface area contributed by atoms with Gasteiger partial charge in [-0.05, 0) is 44.5 Å². The van der Waals surface area contributed by atoms with Gasteiger partial charge in [0.2, 0.25) is 0 Å². The maximum atomic E-state index is 12.9. The Hall–Kier alpha value is -1.42. The topological polar surface area (TPSA) is 49.3 Å². The zero-order valence-corrected chi connectivity index (χ0v) is 8.97. The SMILES string of the molecule is Cc1cc(NC(=O)C(C)(C)O)ccc1F. The molecule has 0 fully saturated rings. The molecular weight excluding hydrogens is 197 g/mol. The van der Waals surface area contributed by atoms with Gasteiger partial charge in [-0.2, -0.15) is 0 Å². The third-order valence-corrected chi connectivity index (χ3v) is 1.97. The Morgan fingerprint density at radius 2 is 2.07 bits per heavy atom. The molecule has 0 bridgehead atoms. The van der Waals surface area contributed by atoms with Crippen molar-refractivity contribution in [3.05, 3.63) is 29.6 Å². The van der Waals surface area contributed by atoms with E-state index < -0.39 is 11.5 Å². The Morgan fingerprint density at radius 3 is 2.53 bits per heavy atom. The van der Waals surface area contributed by atoms with Gasteiger partial charge in [-0.3, -0.25) is 4.79 Å². The minimum Gasteiger partial charge on any atom is -0.381 e. The van der Waals surface area contributed by atoms with Crippen LogP contribution in [0.1, 0.15) is 19.4 Å². The lowest BCUT2D eigenvalue weighted by Gasteiger charge is -2.16. The number of amides is 1. The van der Waals surface area contributed by atoms with Gasteiger partial charge in [0, 0.05) is 5.69 Å². The second kappa shape index (κ2) is 3.98.